The third-order valence-corrected chi connectivity index (χ3v) is 4.14. The normalized spacial score (nSPS) is 17.0. The van der Waals surface area contributed by atoms with E-state index in [1.165, 1.54) is 35.2 Å². The van der Waals surface area contributed by atoms with Gasteiger partial charge in [-0.3, -0.25) is 0 Å². The summed E-state index contributed by atoms with van der Waals surface area (Å²) >= 11 is 0. The summed E-state index contributed by atoms with van der Waals surface area (Å²) in [6.45, 7) is 0.937. The highest BCUT2D eigenvalue weighted by Crippen LogP contribution is 2.30. The maximum absolute atomic E-state index is 3.69. The third kappa shape index (κ3) is 2.70. The molecular formula is C18H22N2. The minimum atomic E-state index is 0.514. The van der Waals surface area contributed by atoms with Crippen LogP contribution in [-0.4, -0.2) is 14.1 Å². The number of rotatable bonds is 4. The number of hydrogen-bond donors (Lipinski definition) is 1. The Morgan fingerprint density at radius 3 is 2.55 bits per heavy atom. The molecule has 20 heavy (non-hydrogen) atoms. The molecule has 1 unspecified atom stereocenters. The summed E-state index contributed by atoms with van der Waals surface area (Å²) in [5.74, 6) is 0. The molecule has 2 nitrogen and oxygen atoms in total. The van der Waals surface area contributed by atoms with Gasteiger partial charge in [0.25, 0.3) is 0 Å². The Bertz CT molecular complexity index is 572. The van der Waals surface area contributed by atoms with Gasteiger partial charge in [0, 0.05) is 32.4 Å². The van der Waals surface area contributed by atoms with Crippen LogP contribution in [0, 0.1) is 0 Å². The highest BCUT2D eigenvalue weighted by atomic mass is 15.1. The van der Waals surface area contributed by atoms with Gasteiger partial charge in [0.05, 0.1) is 0 Å². The van der Waals surface area contributed by atoms with Crippen molar-refractivity contribution in [3.8, 4) is 0 Å². The Hall–Kier alpha value is -1.80. The van der Waals surface area contributed by atoms with Gasteiger partial charge in [-0.15, -0.1) is 0 Å². The summed E-state index contributed by atoms with van der Waals surface area (Å²) < 4.78 is 0. The maximum Gasteiger partial charge on any atom is 0.0361 e. The maximum atomic E-state index is 3.69. The predicted molar refractivity (Wildman–Crippen MR) is 85.1 cm³/mol. The zero-order valence-electron chi connectivity index (χ0n) is 12.3. The minimum Gasteiger partial charge on any atom is -0.378 e. The van der Waals surface area contributed by atoms with Crippen LogP contribution >= 0.6 is 0 Å². The van der Waals surface area contributed by atoms with E-state index in [-0.39, 0.29) is 0 Å². The molecule has 1 aliphatic carbocycles. The Morgan fingerprint density at radius 1 is 1.05 bits per heavy atom. The topological polar surface area (TPSA) is 15.3 Å². The summed E-state index contributed by atoms with van der Waals surface area (Å²) in [6, 6.07) is 18.1. The molecule has 2 heteroatoms. The molecule has 3 rings (SSSR count). The average Bonchev–Trinajstić information content (AvgIpc) is 2.89. The molecule has 0 heterocycles. The first kappa shape index (κ1) is 13.2. The van der Waals surface area contributed by atoms with Gasteiger partial charge in [-0.25, -0.2) is 0 Å². The molecule has 2 aromatic rings. The lowest BCUT2D eigenvalue weighted by molar-refractivity contribution is 0.530. The number of benzene rings is 2. The van der Waals surface area contributed by atoms with Crippen LogP contribution in [0.15, 0.2) is 48.5 Å². The summed E-state index contributed by atoms with van der Waals surface area (Å²) in [6.07, 6.45) is 2.42. The standard InChI is InChI=1S/C18H22N2/c1-20(2)16-10-7-14(8-11-16)13-19-18-12-9-15-5-3-4-6-17(15)18/h3-8,10-11,18-19H,9,12-13H2,1-2H3. The lowest BCUT2D eigenvalue weighted by atomic mass is 10.1. The van der Waals surface area contributed by atoms with Crippen LogP contribution in [0.5, 0.6) is 0 Å². The Kier molecular flexibility index (Phi) is 3.75. The van der Waals surface area contributed by atoms with Crippen molar-refractivity contribution in [1.82, 2.24) is 5.32 Å². The second-order valence-electron chi connectivity index (χ2n) is 5.73. The van der Waals surface area contributed by atoms with Crippen molar-refractivity contribution in [3.63, 3.8) is 0 Å². The molecule has 104 valence electrons. The van der Waals surface area contributed by atoms with Crippen molar-refractivity contribution in [2.75, 3.05) is 19.0 Å². The lowest BCUT2D eigenvalue weighted by Crippen LogP contribution is -2.18. The van der Waals surface area contributed by atoms with Crippen LogP contribution in [0.3, 0.4) is 0 Å². The fourth-order valence-electron chi connectivity index (χ4n) is 2.92. The SMILES string of the molecule is CN(C)c1ccc(CNC2CCc3ccccc32)cc1. The van der Waals surface area contributed by atoms with Crippen LogP contribution < -0.4 is 10.2 Å². The smallest absolute Gasteiger partial charge is 0.0361 e. The summed E-state index contributed by atoms with van der Waals surface area (Å²) in [4.78, 5) is 2.13. The van der Waals surface area contributed by atoms with E-state index in [0.29, 0.717) is 6.04 Å². The highest BCUT2D eigenvalue weighted by molar-refractivity contribution is 5.46. The highest BCUT2D eigenvalue weighted by Gasteiger charge is 2.20. The van der Waals surface area contributed by atoms with Gasteiger partial charge in [0.1, 0.15) is 0 Å². The number of hydrogen-bond acceptors (Lipinski definition) is 2. The molecule has 0 saturated heterocycles. The van der Waals surface area contributed by atoms with Crippen LogP contribution in [0.4, 0.5) is 5.69 Å². The van der Waals surface area contributed by atoms with Crippen molar-refractivity contribution in [2.45, 2.75) is 25.4 Å². The van der Waals surface area contributed by atoms with Crippen molar-refractivity contribution in [1.29, 1.82) is 0 Å². The molecule has 0 radical (unpaired) electrons. The number of aryl methyl sites for hydroxylation is 1. The van der Waals surface area contributed by atoms with Crippen LogP contribution in [0.1, 0.15) is 29.2 Å². The molecule has 2 aromatic carbocycles. The van der Waals surface area contributed by atoms with Crippen LogP contribution in [0.2, 0.25) is 0 Å². The van der Waals surface area contributed by atoms with Crippen LogP contribution in [-0.2, 0) is 13.0 Å². The summed E-state index contributed by atoms with van der Waals surface area (Å²) in [7, 11) is 4.14. The molecule has 1 atom stereocenters. The van der Waals surface area contributed by atoms with Gasteiger partial charge < -0.3 is 10.2 Å². The first-order valence-electron chi connectivity index (χ1n) is 7.31. The molecule has 0 aromatic heterocycles. The number of anilines is 1. The number of nitrogens with one attached hydrogen (secondary N) is 1. The van der Waals surface area contributed by atoms with Crippen molar-refractivity contribution in [3.05, 3.63) is 65.2 Å². The first-order chi connectivity index (χ1) is 9.74. The largest absolute Gasteiger partial charge is 0.378 e. The van der Waals surface area contributed by atoms with Gasteiger partial charge in [-0.2, -0.15) is 0 Å². The Labute approximate surface area is 121 Å². The number of fused-ring (bicyclic) bond motifs is 1. The fourth-order valence-corrected chi connectivity index (χ4v) is 2.92. The van der Waals surface area contributed by atoms with E-state index < -0.39 is 0 Å². The van der Waals surface area contributed by atoms with Gasteiger partial charge in [-0.1, -0.05) is 36.4 Å². The van der Waals surface area contributed by atoms with E-state index in [4.69, 9.17) is 0 Å². The van der Waals surface area contributed by atoms with E-state index >= 15 is 0 Å². The van der Waals surface area contributed by atoms with Gasteiger partial charge in [-0.05, 0) is 41.7 Å². The van der Waals surface area contributed by atoms with E-state index in [2.05, 4.69) is 72.8 Å². The molecular weight excluding hydrogens is 244 g/mol. The average molecular weight is 266 g/mol. The molecule has 0 amide bonds. The molecule has 1 aliphatic rings. The van der Waals surface area contributed by atoms with Crippen molar-refractivity contribution in [2.24, 2.45) is 0 Å². The summed E-state index contributed by atoms with van der Waals surface area (Å²) in [5, 5.41) is 3.69. The van der Waals surface area contributed by atoms with E-state index in [1.807, 2.05) is 0 Å². The minimum absolute atomic E-state index is 0.514. The molecule has 1 N–H and O–H groups in total. The lowest BCUT2D eigenvalue weighted by Gasteiger charge is -2.16. The third-order valence-electron chi connectivity index (χ3n) is 4.14. The first-order valence-corrected chi connectivity index (χ1v) is 7.31. The molecule has 0 spiro atoms. The predicted octanol–water partition coefficient (Wildman–Crippen LogP) is 3.53. The van der Waals surface area contributed by atoms with Crippen molar-refractivity contribution < 1.29 is 0 Å². The zero-order chi connectivity index (χ0) is 13.9. The van der Waals surface area contributed by atoms with Crippen LogP contribution in [0.25, 0.3) is 0 Å². The molecule has 0 fully saturated rings. The van der Waals surface area contributed by atoms with E-state index in [1.54, 1.807) is 0 Å². The van der Waals surface area contributed by atoms with Gasteiger partial charge >= 0.3 is 0 Å². The molecule has 0 aliphatic heterocycles. The zero-order valence-corrected chi connectivity index (χ0v) is 12.3. The van der Waals surface area contributed by atoms with E-state index in [9.17, 15) is 0 Å². The van der Waals surface area contributed by atoms with E-state index in [0.717, 1.165) is 6.54 Å². The summed E-state index contributed by atoms with van der Waals surface area (Å²) in [5.41, 5.74) is 5.59. The van der Waals surface area contributed by atoms with Gasteiger partial charge in [0.15, 0.2) is 0 Å². The molecule has 0 saturated carbocycles. The Morgan fingerprint density at radius 2 is 1.80 bits per heavy atom. The Balaban J connectivity index is 1.63. The van der Waals surface area contributed by atoms with Crippen molar-refractivity contribution >= 4 is 5.69 Å². The number of nitrogens with zero attached hydrogens (tertiary/aromatic N) is 1. The quantitative estimate of drug-likeness (QED) is 0.910. The second kappa shape index (κ2) is 5.68. The van der Waals surface area contributed by atoms with Gasteiger partial charge in [0.2, 0.25) is 0 Å². The monoisotopic (exact) mass is 266 g/mol. The molecule has 0 bridgehead atoms. The second-order valence-corrected chi connectivity index (χ2v) is 5.73. The fraction of sp³-hybridized carbons (Fsp3) is 0.333.